The molecule has 0 rings (SSSR count). The van der Waals surface area contributed by atoms with Crippen LogP contribution in [0.1, 0.15) is 0 Å². The van der Waals surface area contributed by atoms with Gasteiger partial charge in [-0.1, -0.05) is 0 Å². The Morgan fingerprint density at radius 3 is 2.43 bits per heavy atom. The van der Waals surface area contributed by atoms with Crippen molar-refractivity contribution in [3.8, 4) is 0 Å². The van der Waals surface area contributed by atoms with Gasteiger partial charge in [-0.25, -0.2) is 0 Å². The molecule has 0 radical (unpaired) electrons. The fourth-order valence-electron chi connectivity index (χ4n) is 0.272. The van der Waals surface area contributed by atoms with E-state index in [4.69, 9.17) is 16.0 Å². The first-order valence-corrected chi connectivity index (χ1v) is 5.37. The number of alkyl halides is 1. The van der Waals surface area contributed by atoms with Crippen LogP contribution >= 0.6 is 11.6 Å². The molecule has 0 saturated carbocycles. The van der Waals surface area contributed by atoms with Crippen molar-refractivity contribution in [1.29, 1.82) is 0 Å². The Morgan fingerprint density at radius 2 is 2.29 bits per heavy atom. The lowest BCUT2D eigenvalue weighted by atomic mass is 11.0. The highest BCUT2D eigenvalue weighted by Crippen LogP contribution is 1.92. The van der Waals surface area contributed by atoms with Crippen LogP contribution in [0.5, 0.6) is 0 Å². The predicted octanol–water partition coefficient (Wildman–Crippen LogP) is 1.23. The highest BCUT2D eigenvalue weighted by atomic mass is 35.5. The van der Waals surface area contributed by atoms with Gasteiger partial charge in [-0.05, 0) is 12.6 Å². The summed E-state index contributed by atoms with van der Waals surface area (Å²) in [7, 11) is 0.940. The van der Waals surface area contributed by atoms with Gasteiger partial charge < -0.3 is 4.43 Å². The summed E-state index contributed by atoms with van der Waals surface area (Å²) in [6, 6.07) is 1.08. The third-order valence-electron chi connectivity index (χ3n) is 0.918. The fraction of sp³-hybridized carbons (Fsp3) is 1.00. The van der Waals surface area contributed by atoms with E-state index in [2.05, 4.69) is 6.55 Å². The summed E-state index contributed by atoms with van der Waals surface area (Å²) in [5.41, 5.74) is 0. The molecule has 0 aliphatic rings. The second-order valence-electron chi connectivity index (χ2n) is 1.52. The first-order valence-electron chi connectivity index (χ1n) is 2.40. The maximum atomic E-state index is 5.43. The average Bonchev–Trinajstić information content (AvgIpc) is 1.68. The Bertz CT molecular complexity index is 42.7. The highest BCUT2D eigenvalue weighted by Gasteiger charge is 1.97. The Morgan fingerprint density at radius 1 is 1.71 bits per heavy atom. The van der Waals surface area contributed by atoms with Gasteiger partial charge in [-0.3, -0.25) is 0 Å². The summed E-state index contributed by atoms with van der Waals surface area (Å²) in [6.07, 6.45) is 0. The molecule has 0 aromatic rings. The minimum absolute atomic E-state index is 0.751. The Labute approximate surface area is 51.4 Å². The van der Waals surface area contributed by atoms with Gasteiger partial charge >= 0.3 is 0 Å². The van der Waals surface area contributed by atoms with Gasteiger partial charge in [0.2, 0.25) is 0 Å². The summed E-state index contributed by atoms with van der Waals surface area (Å²) in [4.78, 5) is 0. The molecule has 3 heteroatoms. The molecule has 1 atom stereocenters. The number of rotatable bonds is 3. The van der Waals surface area contributed by atoms with Crippen molar-refractivity contribution < 1.29 is 4.43 Å². The first-order chi connectivity index (χ1) is 3.31. The van der Waals surface area contributed by atoms with Crippen molar-refractivity contribution in [2.45, 2.75) is 12.6 Å². The smallest absolute Gasteiger partial charge is 0.174 e. The van der Waals surface area contributed by atoms with Crippen LogP contribution < -0.4 is 0 Å². The van der Waals surface area contributed by atoms with Gasteiger partial charge in [-0.2, -0.15) is 0 Å². The molecule has 0 heterocycles. The third-order valence-corrected chi connectivity index (χ3v) is 3.41. The molecule has 0 spiro atoms. The lowest BCUT2D eigenvalue weighted by molar-refractivity contribution is 0.425. The fourth-order valence-corrected chi connectivity index (χ4v) is 1.74. The molecule has 0 amide bonds. The molecule has 0 aliphatic carbocycles. The second kappa shape index (κ2) is 4.62. The van der Waals surface area contributed by atoms with E-state index >= 15 is 0 Å². The molecule has 0 bridgehead atoms. The lowest BCUT2D eigenvalue weighted by Crippen LogP contribution is -2.09. The van der Waals surface area contributed by atoms with Crippen molar-refractivity contribution >= 4 is 20.6 Å². The molecule has 0 aromatic carbocycles. The van der Waals surface area contributed by atoms with E-state index in [0.717, 1.165) is 11.9 Å². The van der Waals surface area contributed by atoms with Crippen LogP contribution in [0.3, 0.4) is 0 Å². The van der Waals surface area contributed by atoms with E-state index in [1.807, 2.05) is 0 Å². The lowest BCUT2D eigenvalue weighted by Gasteiger charge is -2.01. The molecular weight excluding hydrogens is 128 g/mol. The van der Waals surface area contributed by atoms with E-state index in [1.54, 1.807) is 7.11 Å². The molecule has 1 unspecified atom stereocenters. The molecule has 1 nitrogen and oxygen atoms in total. The van der Waals surface area contributed by atoms with Crippen LogP contribution in [-0.2, 0) is 4.43 Å². The summed E-state index contributed by atoms with van der Waals surface area (Å²) < 4.78 is 5.04. The number of hydrogen-bond donors (Lipinski definition) is 0. The number of halogens is 1. The average molecular weight is 139 g/mol. The van der Waals surface area contributed by atoms with Crippen molar-refractivity contribution in [1.82, 2.24) is 0 Å². The van der Waals surface area contributed by atoms with E-state index in [0.29, 0.717) is 0 Å². The highest BCUT2D eigenvalue weighted by molar-refractivity contribution is 6.51. The van der Waals surface area contributed by atoms with Crippen LogP contribution in [0.15, 0.2) is 0 Å². The molecular formula is C4H11ClOSi. The van der Waals surface area contributed by atoms with Gasteiger partial charge in [0.25, 0.3) is 0 Å². The van der Waals surface area contributed by atoms with E-state index in [1.165, 1.54) is 0 Å². The molecule has 0 aliphatic heterocycles. The van der Waals surface area contributed by atoms with Crippen LogP contribution in [0.25, 0.3) is 0 Å². The summed E-state index contributed by atoms with van der Waals surface area (Å²) in [6.45, 7) is 2.14. The van der Waals surface area contributed by atoms with Crippen LogP contribution in [0.2, 0.25) is 12.6 Å². The van der Waals surface area contributed by atoms with E-state index in [-0.39, 0.29) is 0 Å². The van der Waals surface area contributed by atoms with Gasteiger partial charge in [0.1, 0.15) is 0 Å². The molecule has 0 aromatic heterocycles. The number of hydrogen-bond acceptors (Lipinski definition) is 1. The van der Waals surface area contributed by atoms with Crippen LogP contribution in [0.4, 0.5) is 0 Å². The van der Waals surface area contributed by atoms with Crippen molar-refractivity contribution in [3.05, 3.63) is 0 Å². The van der Waals surface area contributed by atoms with Gasteiger partial charge in [0.05, 0.1) is 0 Å². The SMILES string of the molecule is CO[SiH](C)CCCl. The zero-order chi connectivity index (χ0) is 5.70. The first kappa shape index (κ1) is 7.47. The standard InChI is InChI=1S/C4H11ClOSi/c1-6-7(2)4-3-5/h7H,3-4H2,1-2H3. The molecule has 7 heavy (non-hydrogen) atoms. The minimum Gasteiger partial charge on any atom is -0.423 e. The van der Waals surface area contributed by atoms with Crippen molar-refractivity contribution in [3.63, 3.8) is 0 Å². The molecule has 0 saturated heterocycles. The maximum Gasteiger partial charge on any atom is 0.174 e. The van der Waals surface area contributed by atoms with Gasteiger partial charge in [0.15, 0.2) is 9.04 Å². The third kappa shape index (κ3) is 4.32. The Hall–Kier alpha value is 0.467. The largest absolute Gasteiger partial charge is 0.423 e. The van der Waals surface area contributed by atoms with E-state index in [9.17, 15) is 0 Å². The van der Waals surface area contributed by atoms with Crippen LogP contribution in [0, 0.1) is 0 Å². The molecule has 44 valence electrons. The van der Waals surface area contributed by atoms with Crippen LogP contribution in [-0.4, -0.2) is 22.0 Å². The molecule has 0 N–H and O–H groups in total. The van der Waals surface area contributed by atoms with Crippen molar-refractivity contribution in [2.24, 2.45) is 0 Å². The Balaban J connectivity index is 2.83. The second-order valence-corrected chi connectivity index (χ2v) is 4.57. The molecule has 0 fully saturated rings. The topological polar surface area (TPSA) is 9.23 Å². The van der Waals surface area contributed by atoms with Crippen molar-refractivity contribution in [2.75, 3.05) is 13.0 Å². The zero-order valence-corrected chi connectivity index (χ0v) is 6.69. The summed E-state index contributed by atoms with van der Waals surface area (Å²) >= 11 is 5.43. The van der Waals surface area contributed by atoms with Gasteiger partial charge in [0, 0.05) is 13.0 Å². The maximum absolute atomic E-state index is 5.43. The summed E-state index contributed by atoms with van der Waals surface area (Å²) in [5.74, 6) is 0.751. The van der Waals surface area contributed by atoms with E-state index < -0.39 is 9.04 Å². The quantitative estimate of drug-likeness (QED) is 0.421. The monoisotopic (exact) mass is 138 g/mol. The summed E-state index contributed by atoms with van der Waals surface area (Å²) in [5, 5.41) is 0. The Kier molecular flexibility index (Phi) is 4.93. The normalized spacial score (nSPS) is 14.1. The zero-order valence-electron chi connectivity index (χ0n) is 4.78. The minimum atomic E-state index is -0.813. The van der Waals surface area contributed by atoms with Gasteiger partial charge in [-0.15, -0.1) is 11.6 Å². The predicted molar refractivity (Wildman–Crippen MR) is 35.5 cm³/mol.